The second-order valence-corrected chi connectivity index (χ2v) is 5.76. The highest BCUT2D eigenvalue weighted by atomic mass is 35.5. The maximum atomic E-state index is 12.3. The predicted octanol–water partition coefficient (Wildman–Crippen LogP) is 2.79. The molecule has 1 aliphatic rings. The van der Waals surface area contributed by atoms with E-state index in [4.69, 9.17) is 16.3 Å². The molecule has 2 atom stereocenters. The van der Waals surface area contributed by atoms with E-state index in [0.717, 1.165) is 0 Å². The molecule has 1 heterocycles. The van der Waals surface area contributed by atoms with Crippen molar-refractivity contribution < 1.29 is 14.3 Å². The number of esters is 1. The number of allylic oxidation sites excluding steroid dienone is 2. The first kappa shape index (κ1) is 15.0. The lowest BCUT2D eigenvalue weighted by molar-refractivity contribution is -0.152. The van der Waals surface area contributed by atoms with Crippen LogP contribution in [0.1, 0.15) is 19.8 Å². The molecular formula is C13H15ClN2O3S. The number of anilines is 1. The molecule has 0 spiro atoms. The summed E-state index contributed by atoms with van der Waals surface area (Å²) in [6, 6.07) is 0. The van der Waals surface area contributed by atoms with Crippen molar-refractivity contribution in [1.29, 1.82) is 0 Å². The number of amides is 1. The Kier molecular flexibility index (Phi) is 5.14. The highest BCUT2D eigenvalue weighted by molar-refractivity contribution is 7.13. The van der Waals surface area contributed by atoms with Gasteiger partial charge in [-0.15, -0.1) is 11.3 Å². The van der Waals surface area contributed by atoms with Gasteiger partial charge in [0.05, 0.1) is 18.4 Å². The van der Waals surface area contributed by atoms with E-state index in [-0.39, 0.29) is 11.9 Å². The van der Waals surface area contributed by atoms with Gasteiger partial charge in [-0.2, -0.15) is 0 Å². The molecule has 108 valence electrons. The van der Waals surface area contributed by atoms with Crippen molar-refractivity contribution >= 4 is 39.9 Å². The minimum absolute atomic E-state index is 0.246. The van der Waals surface area contributed by atoms with Crippen molar-refractivity contribution in [3.8, 4) is 0 Å². The van der Waals surface area contributed by atoms with Crippen LogP contribution < -0.4 is 5.32 Å². The zero-order valence-corrected chi connectivity index (χ0v) is 12.5. The van der Waals surface area contributed by atoms with Crippen LogP contribution in [0.2, 0.25) is 0 Å². The van der Waals surface area contributed by atoms with Gasteiger partial charge in [-0.05, 0) is 19.8 Å². The zero-order chi connectivity index (χ0) is 14.5. The van der Waals surface area contributed by atoms with E-state index in [1.807, 2.05) is 0 Å². The molecule has 1 amide bonds. The summed E-state index contributed by atoms with van der Waals surface area (Å²) >= 11 is 7.33. The molecule has 1 aromatic heterocycles. The van der Waals surface area contributed by atoms with Gasteiger partial charge in [-0.3, -0.25) is 9.59 Å². The number of carbonyl (C=O) groups is 2. The Morgan fingerprint density at radius 2 is 2.35 bits per heavy atom. The first-order chi connectivity index (χ1) is 9.61. The van der Waals surface area contributed by atoms with Crippen LogP contribution in [-0.2, 0) is 14.3 Å². The summed E-state index contributed by atoms with van der Waals surface area (Å²) in [5.41, 5.74) is 0. The maximum absolute atomic E-state index is 12.3. The lowest BCUT2D eigenvalue weighted by atomic mass is 9.82. The minimum Gasteiger partial charge on any atom is -0.466 e. The van der Waals surface area contributed by atoms with Crippen molar-refractivity contribution in [3.05, 3.63) is 22.7 Å². The van der Waals surface area contributed by atoms with Gasteiger partial charge in [-0.25, -0.2) is 4.98 Å². The van der Waals surface area contributed by atoms with Gasteiger partial charge in [0.2, 0.25) is 5.91 Å². The molecule has 0 saturated carbocycles. The Morgan fingerprint density at radius 3 is 3.00 bits per heavy atom. The fraction of sp³-hybridized carbons (Fsp3) is 0.462. The lowest BCUT2D eigenvalue weighted by Crippen LogP contribution is -2.36. The maximum Gasteiger partial charge on any atom is 0.310 e. The largest absolute Gasteiger partial charge is 0.466 e. The Hall–Kier alpha value is -1.40. The van der Waals surface area contributed by atoms with Crippen molar-refractivity contribution in [2.45, 2.75) is 19.8 Å². The molecule has 0 radical (unpaired) electrons. The Morgan fingerprint density at radius 1 is 1.55 bits per heavy atom. The number of hydrogen-bond donors (Lipinski definition) is 1. The number of hydrogen-bond acceptors (Lipinski definition) is 5. The van der Waals surface area contributed by atoms with E-state index >= 15 is 0 Å². The monoisotopic (exact) mass is 314 g/mol. The molecule has 0 aliphatic heterocycles. The van der Waals surface area contributed by atoms with Gasteiger partial charge < -0.3 is 10.1 Å². The summed E-state index contributed by atoms with van der Waals surface area (Å²) in [6.45, 7) is 2.04. The van der Waals surface area contributed by atoms with E-state index in [1.165, 1.54) is 11.3 Å². The van der Waals surface area contributed by atoms with Crippen LogP contribution in [-0.4, -0.2) is 23.5 Å². The molecule has 20 heavy (non-hydrogen) atoms. The zero-order valence-electron chi connectivity index (χ0n) is 11.0. The van der Waals surface area contributed by atoms with Crippen LogP contribution in [0, 0.1) is 11.8 Å². The molecule has 5 nitrogen and oxygen atoms in total. The van der Waals surface area contributed by atoms with Gasteiger partial charge in [0.1, 0.15) is 0 Å². The fourth-order valence-corrected chi connectivity index (χ4v) is 2.91. The molecule has 0 aromatic carbocycles. The van der Waals surface area contributed by atoms with Crippen LogP contribution in [0.4, 0.5) is 5.13 Å². The van der Waals surface area contributed by atoms with Crippen molar-refractivity contribution in [1.82, 2.24) is 4.98 Å². The molecule has 7 heteroatoms. The lowest BCUT2D eigenvalue weighted by Gasteiger charge is -2.26. The van der Waals surface area contributed by atoms with Crippen molar-refractivity contribution in [2.24, 2.45) is 11.8 Å². The quantitative estimate of drug-likeness (QED) is 0.868. The molecular weight excluding hydrogens is 300 g/mol. The second kappa shape index (κ2) is 6.85. The first-order valence-corrected chi connectivity index (χ1v) is 7.59. The molecule has 0 bridgehead atoms. The standard InChI is InChI=1S/C13H15ClN2O3S/c1-2-19-12(18)9-4-3-8(14)7-10(9)11(17)16-13-15-5-6-20-13/h3,5-6,9-10H,2,4,7H2,1H3,(H,15,16,17)/t9-,10-/m0/s1. The summed E-state index contributed by atoms with van der Waals surface area (Å²) in [5, 5.41) is 5.60. The molecule has 1 aliphatic carbocycles. The van der Waals surface area contributed by atoms with E-state index in [1.54, 1.807) is 24.6 Å². The average Bonchev–Trinajstić information content (AvgIpc) is 2.91. The van der Waals surface area contributed by atoms with Gasteiger partial charge in [0, 0.05) is 16.6 Å². The number of nitrogens with zero attached hydrogens (tertiary/aromatic N) is 1. The summed E-state index contributed by atoms with van der Waals surface area (Å²) in [4.78, 5) is 28.2. The van der Waals surface area contributed by atoms with Crippen molar-refractivity contribution in [3.63, 3.8) is 0 Å². The predicted molar refractivity (Wildman–Crippen MR) is 77.5 cm³/mol. The number of rotatable bonds is 4. The molecule has 0 fully saturated rings. The fourth-order valence-electron chi connectivity index (χ4n) is 2.12. The van der Waals surface area contributed by atoms with Gasteiger partial charge in [0.15, 0.2) is 5.13 Å². The first-order valence-electron chi connectivity index (χ1n) is 6.33. The highest BCUT2D eigenvalue weighted by Gasteiger charge is 2.37. The molecule has 0 unspecified atom stereocenters. The van der Waals surface area contributed by atoms with Crippen LogP contribution in [0.15, 0.2) is 22.7 Å². The third-order valence-corrected chi connectivity index (χ3v) is 4.08. The number of halogens is 1. The second-order valence-electron chi connectivity index (χ2n) is 4.38. The van der Waals surface area contributed by atoms with E-state index in [9.17, 15) is 9.59 Å². The number of nitrogens with one attached hydrogen (secondary N) is 1. The van der Waals surface area contributed by atoms with Crippen LogP contribution in [0.25, 0.3) is 0 Å². The molecule has 1 aromatic rings. The number of carbonyl (C=O) groups excluding carboxylic acids is 2. The SMILES string of the molecule is CCOC(=O)[C@H]1CC=C(Cl)C[C@@H]1C(=O)Nc1nccs1. The topological polar surface area (TPSA) is 68.3 Å². The van der Waals surface area contributed by atoms with E-state index in [0.29, 0.717) is 29.6 Å². The third kappa shape index (κ3) is 3.58. The Balaban J connectivity index is 2.10. The Labute approximate surface area is 126 Å². The minimum atomic E-state index is -0.518. The summed E-state index contributed by atoms with van der Waals surface area (Å²) in [5.74, 6) is -1.61. The number of ether oxygens (including phenoxy) is 1. The van der Waals surface area contributed by atoms with Gasteiger partial charge in [0.25, 0.3) is 0 Å². The average molecular weight is 315 g/mol. The normalized spacial score (nSPS) is 22.0. The van der Waals surface area contributed by atoms with E-state index in [2.05, 4.69) is 10.3 Å². The van der Waals surface area contributed by atoms with Gasteiger partial charge >= 0.3 is 5.97 Å². The number of aromatic nitrogens is 1. The van der Waals surface area contributed by atoms with Crippen LogP contribution in [0.3, 0.4) is 0 Å². The third-order valence-electron chi connectivity index (χ3n) is 3.08. The van der Waals surface area contributed by atoms with Crippen molar-refractivity contribution in [2.75, 3.05) is 11.9 Å². The smallest absolute Gasteiger partial charge is 0.310 e. The summed E-state index contributed by atoms with van der Waals surface area (Å²) in [6.07, 6.45) is 4.16. The molecule has 1 N–H and O–H groups in total. The van der Waals surface area contributed by atoms with Gasteiger partial charge in [-0.1, -0.05) is 17.7 Å². The molecule has 2 rings (SSSR count). The highest BCUT2D eigenvalue weighted by Crippen LogP contribution is 2.33. The Bertz CT molecular complexity index is 516. The molecule has 0 saturated heterocycles. The van der Waals surface area contributed by atoms with Crippen LogP contribution in [0.5, 0.6) is 0 Å². The summed E-state index contributed by atoms with van der Waals surface area (Å²) < 4.78 is 5.03. The number of thiazole rings is 1. The van der Waals surface area contributed by atoms with E-state index < -0.39 is 11.8 Å². The summed E-state index contributed by atoms with van der Waals surface area (Å²) in [7, 11) is 0. The van der Waals surface area contributed by atoms with Crippen LogP contribution >= 0.6 is 22.9 Å².